The summed E-state index contributed by atoms with van der Waals surface area (Å²) in [6, 6.07) is 10.5. The van der Waals surface area contributed by atoms with E-state index in [1.54, 1.807) is 25.1 Å². The molecule has 3 rings (SSSR count). The van der Waals surface area contributed by atoms with Crippen LogP contribution in [0.1, 0.15) is 34.7 Å². The number of nitrogens with one attached hydrogen (secondary N) is 1. The number of rotatable bonds is 7. The molecule has 10 heteroatoms. The van der Waals surface area contributed by atoms with Crippen LogP contribution in [0.5, 0.6) is 0 Å². The molecule has 0 saturated heterocycles. The van der Waals surface area contributed by atoms with Gasteiger partial charge < -0.3 is 9.26 Å². The Morgan fingerprint density at radius 3 is 2.54 bits per heavy atom. The average molecular weight is 420 g/mol. The number of hydrogen-bond donors (Lipinski definition) is 1. The highest BCUT2D eigenvalue weighted by Crippen LogP contribution is 2.32. The van der Waals surface area contributed by atoms with Crippen LogP contribution in [0.25, 0.3) is 10.6 Å². The maximum absolute atomic E-state index is 12.6. The zero-order chi connectivity index (χ0) is 20.3. The van der Waals surface area contributed by atoms with E-state index in [4.69, 9.17) is 9.26 Å². The number of benzene rings is 1. The molecule has 146 valence electrons. The molecule has 8 nitrogen and oxygen atoms in total. The van der Waals surface area contributed by atoms with Crippen LogP contribution in [0.15, 0.2) is 51.2 Å². The van der Waals surface area contributed by atoms with Crippen molar-refractivity contribution in [2.24, 2.45) is 0 Å². The molecule has 0 aliphatic heterocycles. The highest BCUT2D eigenvalue weighted by atomic mass is 32.2. The number of aromatic nitrogens is 1. The van der Waals surface area contributed by atoms with Crippen molar-refractivity contribution < 1.29 is 27.3 Å². The maximum Gasteiger partial charge on any atom is 0.360 e. The molecule has 0 radical (unpaired) electrons. The SMILES string of the molecule is CCOC(=O)c1cc(-c2ccc(S(=O)(=O)Nc3ccc(C(C)=O)cc3)s2)on1. The molecule has 0 unspecified atom stereocenters. The first kappa shape index (κ1) is 19.8. The summed E-state index contributed by atoms with van der Waals surface area (Å²) >= 11 is 0.968. The van der Waals surface area contributed by atoms with Crippen LogP contribution in [0.4, 0.5) is 5.69 Å². The maximum atomic E-state index is 12.6. The number of carbonyl (C=O) groups is 2. The van der Waals surface area contributed by atoms with E-state index in [1.807, 2.05) is 0 Å². The molecule has 0 bridgehead atoms. The van der Waals surface area contributed by atoms with Gasteiger partial charge in [-0.1, -0.05) is 5.16 Å². The summed E-state index contributed by atoms with van der Waals surface area (Å²) in [6.45, 7) is 3.32. The van der Waals surface area contributed by atoms with Crippen molar-refractivity contribution in [3.63, 3.8) is 0 Å². The zero-order valence-electron chi connectivity index (χ0n) is 15.0. The van der Waals surface area contributed by atoms with Gasteiger partial charge >= 0.3 is 5.97 Å². The van der Waals surface area contributed by atoms with E-state index in [0.717, 1.165) is 11.3 Å². The molecule has 0 amide bonds. The molecule has 2 heterocycles. The topological polar surface area (TPSA) is 116 Å². The van der Waals surface area contributed by atoms with Gasteiger partial charge in [-0.2, -0.15) is 0 Å². The molecule has 3 aromatic rings. The first-order valence-electron chi connectivity index (χ1n) is 8.18. The van der Waals surface area contributed by atoms with Crippen LogP contribution in [-0.4, -0.2) is 31.9 Å². The summed E-state index contributed by atoms with van der Waals surface area (Å²) in [6.07, 6.45) is 0. The Morgan fingerprint density at radius 1 is 1.18 bits per heavy atom. The molecule has 0 fully saturated rings. The number of thiophene rings is 1. The van der Waals surface area contributed by atoms with Crippen LogP contribution in [-0.2, 0) is 14.8 Å². The van der Waals surface area contributed by atoms with Crippen molar-refractivity contribution >= 4 is 38.8 Å². The Hall–Kier alpha value is -2.98. The lowest BCUT2D eigenvalue weighted by molar-refractivity contribution is 0.0514. The molecule has 28 heavy (non-hydrogen) atoms. The minimum Gasteiger partial charge on any atom is -0.461 e. The number of anilines is 1. The Morgan fingerprint density at radius 2 is 1.89 bits per heavy atom. The lowest BCUT2D eigenvalue weighted by atomic mass is 10.1. The second-order valence-electron chi connectivity index (χ2n) is 5.65. The Kier molecular flexibility index (Phi) is 5.61. The number of esters is 1. The summed E-state index contributed by atoms with van der Waals surface area (Å²) in [5.74, 6) is -0.454. The van der Waals surface area contributed by atoms with E-state index in [1.165, 1.54) is 31.2 Å². The van der Waals surface area contributed by atoms with E-state index < -0.39 is 16.0 Å². The van der Waals surface area contributed by atoms with Crippen molar-refractivity contribution in [2.45, 2.75) is 18.1 Å². The van der Waals surface area contributed by atoms with Crippen LogP contribution < -0.4 is 4.72 Å². The first-order valence-corrected chi connectivity index (χ1v) is 10.5. The van der Waals surface area contributed by atoms with Gasteiger partial charge in [-0.3, -0.25) is 9.52 Å². The van der Waals surface area contributed by atoms with Crippen LogP contribution in [0, 0.1) is 0 Å². The fourth-order valence-electron chi connectivity index (χ4n) is 2.27. The third-order valence-electron chi connectivity index (χ3n) is 3.63. The number of ether oxygens (including phenoxy) is 1. The average Bonchev–Trinajstić information content (AvgIpc) is 3.32. The summed E-state index contributed by atoms with van der Waals surface area (Å²) in [4.78, 5) is 23.5. The van der Waals surface area contributed by atoms with Gasteiger partial charge in [0.2, 0.25) is 0 Å². The standard InChI is InChI=1S/C18H16N2O6S2/c1-3-25-18(22)14-10-15(26-19-14)16-8-9-17(27-16)28(23,24)20-13-6-4-12(5-7-13)11(2)21/h4-10,20H,3H2,1-2H3. The second kappa shape index (κ2) is 7.95. The fraction of sp³-hybridized carbons (Fsp3) is 0.167. The predicted molar refractivity (Wildman–Crippen MR) is 103 cm³/mol. The van der Waals surface area contributed by atoms with Gasteiger partial charge in [-0.25, -0.2) is 13.2 Å². The minimum atomic E-state index is -3.82. The first-order chi connectivity index (χ1) is 13.3. The highest BCUT2D eigenvalue weighted by molar-refractivity contribution is 7.94. The molecule has 1 aromatic carbocycles. The molecule has 2 aromatic heterocycles. The second-order valence-corrected chi connectivity index (χ2v) is 8.65. The number of ketones is 1. The van der Waals surface area contributed by atoms with Gasteiger partial charge in [0, 0.05) is 17.3 Å². The summed E-state index contributed by atoms with van der Waals surface area (Å²) in [7, 11) is -3.82. The number of nitrogens with zero attached hydrogens (tertiary/aromatic N) is 1. The molecule has 1 N–H and O–H groups in total. The van der Waals surface area contributed by atoms with Crippen molar-refractivity contribution in [3.05, 3.63) is 53.7 Å². The molecular formula is C18H16N2O6S2. The third-order valence-corrected chi connectivity index (χ3v) is 6.60. The van der Waals surface area contributed by atoms with Crippen LogP contribution >= 0.6 is 11.3 Å². The molecule has 0 spiro atoms. The largest absolute Gasteiger partial charge is 0.461 e. The number of sulfonamides is 1. The van der Waals surface area contributed by atoms with Crippen LogP contribution in [0.3, 0.4) is 0 Å². The van der Waals surface area contributed by atoms with Gasteiger partial charge in [-0.05, 0) is 50.2 Å². The van der Waals surface area contributed by atoms with E-state index in [9.17, 15) is 18.0 Å². The van der Waals surface area contributed by atoms with E-state index >= 15 is 0 Å². The monoisotopic (exact) mass is 420 g/mol. The number of Topliss-reactive ketones (excluding diaryl/α,β-unsaturated/α-hetero) is 1. The van der Waals surface area contributed by atoms with Gasteiger partial charge in [0.1, 0.15) is 4.21 Å². The predicted octanol–water partition coefficient (Wildman–Crippen LogP) is 3.58. The van der Waals surface area contributed by atoms with Crippen molar-refractivity contribution in [2.75, 3.05) is 11.3 Å². The number of carbonyl (C=O) groups excluding carboxylic acids is 2. The van der Waals surface area contributed by atoms with Gasteiger partial charge in [0.15, 0.2) is 17.2 Å². The smallest absolute Gasteiger partial charge is 0.360 e. The van der Waals surface area contributed by atoms with Crippen molar-refractivity contribution in [1.29, 1.82) is 0 Å². The highest BCUT2D eigenvalue weighted by Gasteiger charge is 2.21. The minimum absolute atomic E-state index is 0.0124. The molecular weight excluding hydrogens is 404 g/mol. The van der Waals surface area contributed by atoms with Crippen molar-refractivity contribution in [3.8, 4) is 10.6 Å². The summed E-state index contributed by atoms with van der Waals surface area (Å²) in [5, 5.41) is 3.64. The van der Waals surface area contributed by atoms with Crippen molar-refractivity contribution in [1.82, 2.24) is 5.16 Å². The van der Waals surface area contributed by atoms with Gasteiger partial charge in [-0.15, -0.1) is 11.3 Å². The lowest BCUT2D eigenvalue weighted by Crippen LogP contribution is -2.11. The van der Waals surface area contributed by atoms with Gasteiger partial charge in [0.25, 0.3) is 10.0 Å². The quantitative estimate of drug-likeness (QED) is 0.459. The molecule has 0 aliphatic rings. The van der Waals surface area contributed by atoms with Crippen LogP contribution in [0.2, 0.25) is 0 Å². The van der Waals surface area contributed by atoms with Gasteiger partial charge in [0.05, 0.1) is 11.5 Å². The van der Waals surface area contributed by atoms with E-state index in [2.05, 4.69) is 9.88 Å². The van der Waals surface area contributed by atoms with E-state index in [-0.39, 0.29) is 28.1 Å². The summed E-state index contributed by atoms with van der Waals surface area (Å²) in [5.41, 5.74) is 0.839. The third kappa shape index (κ3) is 4.29. The van der Waals surface area contributed by atoms with E-state index in [0.29, 0.717) is 16.1 Å². The molecule has 0 saturated carbocycles. The Bertz CT molecular complexity index is 1110. The Labute approximate surface area is 165 Å². The molecule has 0 aliphatic carbocycles. The Balaban J connectivity index is 1.78. The normalized spacial score (nSPS) is 11.2. The summed E-state index contributed by atoms with van der Waals surface area (Å²) < 4.78 is 37.6. The zero-order valence-corrected chi connectivity index (χ0v) is 16.6. The fourth-order valence-corrected chi connectivity index (χ4v) is 4.58. The lowest BCUT2D eigenvalue weighted by Gasteiger charge is -2.06. The number of hydrogen-bond acceptors (Lipinski definition) is 8. The molecule has 0 atom stereocenters.